The zero-order valence-electron chi connectivity index (χ0n) is 10.4. The highest BCUT2D eigenvalue weighted by atomic mass is 16.6. The lowest BCUT2D eigenvalue weighted by atomic mass is 10.3. The average Bonchev–Trinajstić information content (AvgIpc) is 2.36. The molecule has 0 bridgehead atoms. The van der Waals surface area contributed by atoms with Gasteiger partial charge in [-0.3, -0.25) is 10.1 Å². The minimum absolute atomic E-state index is 0.0371. The highest BCUT2D eigenvalue weighted by Crippen LogP contribution is 2.29. The van der Waals surface area contributed by atoms with Gasteiger partial charge in [0.25, 0.3) is 0 Å². The van der Waals surface area contributed by atoms with Gasteiger partial charge >= 0.3 is 5.69 Å². The molecule has 1 aromatic rings. The number of nitro groups is 1. The van der Waals surface area contributed by atoms with Crippen molar-refractivity contribution in [1.29, 1.82) is 10.5 Å². The van der Waals surface area contributed by atoms with Gasteiger partial charge in [-0.05, 0) is 6.92 Å². The highest BCUT2D eigenvalue weighted by molar-refractivity contribution is 5.63. The Hall–Kier alpha value is -2.94. The fourth-order valence-corrected chi connectivity index (χ4v) is 1.47. The van der Waals surface area contributed by atoms with Crippen LogP contribution in [0, 0.1) is 39.7 Å². The monoisotopic (exact) mass is 261 g/mol. The maximum Gasteiger partial charge on any atom is 0.332 e. The van der Waals surface area contributed by atoms with Crippen molar-refractivity contribution < 1.29 is 4.92 Å². The fraction of sp³-hybridized carbons (Fsp3) is 0.400. The third kappa shape index (κ3) is 3.04. The smallest absolute Gasteiger partial charge is 0.332 e. The lowest BCUT2D eigenvalue weighted by molar-refractivity contribution is -0.385. The SMILES string of the molecule is CNc1nc(C)c([N+](=O)[O-])c(N(CC#N)CC#N)n1. The summed E-state index contributed by atoms with van der Waals surface area (Å²) in [5.74, 6) is 0.156. The molecule has 0 aliphatic heterocycles. The molecule has 0 unspecified atom stereocenters. The third-order valence-electron chi connectivity index (χ3n) is 2.27. The normalized spacial score (nSPS) is 9.26. The number of nitriles is 2. The maximum atomic E-state index is 11.1. The first-order valence-electron chi connectivity index (χ1n) is 5.24. The minimum Gasteiger partial charge on any atom is -0.357 e. The molecule has 0 saturated heterocycles. The van der Waals surface area contributed by atoms with Gasteiger partial charge in [0.05, 0.1) is 17.1 Å². The number of nitrogens with one attached hydrogen (secondary N) is 1. The molecule has 1 heterocycles. The first kappa shape index (κ1) is 14.1. The second kappa shape index (κ2) is 6.12. The van der Waals surface area contributed by atoms with Crippen molar-refractivity contribution in [1.82, 2.24) is 9.97 Å². The Labute approximate surface area is 109 Å². The van der Waals surface area contributed by atoms with Gasteiger partial charge in [-0.2, -0.15) is 15.5 Å². The molecule has 1 aromatic heterocycles. The van der Waals surface area contributed by atoms with E-state index in [2.05, 4.69) is 15.3 Å². The van der Waals surface area contributed by atoms with Crippen molar-refractivity contribution in [2.24, 2.45) is 0 Å². The van der Waals surface area contributed by atoms with Crippen LogP contribution >= 0.6 is 0 Å². The molecule has 9 heteroatoms. The minimum atomic E-state index is -0.619. The maximum absolute atomic E-state index is 11.1. The molecule has 19 heavy (non-hydrogen) atoms. The van der Waals surface area contributed by atoms with Gasteiger partial charge in [-0.15, -0.1) is 0 Å². The molecule has 9 nitrogen and oxygen atoms in total. The van der Waals surface area contributed by atoms with Crippen molar-refractivity contribution in [2.75, 3.05) is 30.4 Å². The van der Waals surface area contributed by atoms with E-state index < -0.39 is 4.92 Å². The van der Waals surface area contributed by atoms with Gasteiger partial charge in [0.1, 0.15) is 18.8 Å². The van der Waals surface area contributed by atoms with E-state index in [-0.39, 0.29) is 36.2 Å². The summed E-state index contributed by atoms with van der Waals surface area (Å²) >= 11 is 0. The fourth-order valence-electron chi connectivity index (χ4n) is 1.47. The Balaban J connectivity index is 3.44. The summed E-state index contributed by atoms with van der Waals surface area (Å²) in [7, 11) is 1.57. The first-order valence-corrected chi connectivity index (χ1v) is 5.24. The van der Waals surface area contributed by atoms with Crippen molar-refractivity contribution >= 4 is 17.5 Å². The van der Waals surface area contributed by atoms with Crippen LogP contribution in [0.5, 0.6) is 0 Å². The van der Waals surface area contributed by atoms with Gasteiger partial charge in [0.15, 0.2) is 0 Å². The highest BCUT2D eigenvalue weighted by Gasteiger charge is 2.26. The van der Waals surface area contributed by atoms with E-state index >= 15 is 0 Å². The molecular formula is C10H11N7O2. The zero-order chi connectivity index (χ0) is 14.4. The first-order chi connectivity index (χ1) is 9.04. The van der Waals surface area contributed by atoms with Gasteiger partial charge in [-0.1, -0.05) is 0 Å². The number of hydrogen-bond donors (Lipinski definition) is 1. The van der Waals surface area contributed by atoms with Gasteiger partial charge in [0.2, 0.25) is 11.8 Å². The Morgan fingerprint density at radius 1 is 1.37 bits per heavy atom. The van der Waals surface area contributed by atoms with E-state index in [0.717, 1.165) is 0 Å². The van der Waals surface area contributed by atoms with E-state index in [1.165, 1.54) is 11.8 Å². The van der Waals surface area contributed by atoms with Crippen LogP contribution in [0.25, 0.3) is 0 Å². The average molecular weight is 261 g/mol. The molecule has 98 valence electrons. The van der Waals surface area contributed by atoms with Gasteiger partial charge in [-0.25, -0.2) is 4.98 Å². The van der Waals surface area contributed by atoms with Crippen molar-refractivity contribution in [3.63, 3.8) is 0 Å². The molecule has 0 radical (unpaired) electrons. The number of aromatic nitrogens is 2. The molecule has 1 rings (SSSR count). The molecular weight excluding hydrogens is 250 g/mol. The summed E-state index contributed by atoms with van der Waals surface area (Å²) in [4.78, 5) is 19.6. The Morgan fingerprint density at radius 3 is 2.37 bits per heavy atom. The summed E-state index contributed by atoms with van der Waals surface area (Å²) < 4.78 is 0. The molecule has 1 N–H and O–H groups in total. The Bertz CT molecular complexity index is 556. The van der Waals surface area contributed by atoms with Crippen molar-refractivity contribution in [3.8, 4) is 12.1 Å². The predicted octanol–water partition coefficient (Wildman–Crippen LogP) is 0.588. The molecule has 0 amide bonds. The largest absolute Gasteiger partial charge is 0.357 e. The van der Waals surface area contributed by atoms with Crippen molar-refractivity contribution in [3.05, 3.63) is 15.8 Å². The van der Waals surface area contributed by atoms with Crippen LogP contribution in [-0.2, 0) is 0 Å². The molecule has 0 saturated carbocycles. The van der Waals surface area contributed by atoms with Crippen LogP contribution in [0.15, 0.2) is 0 Å². The second-order valence-electron chi connectivity index (χ2n) is 3.48. The van der Waals surface area contributed by atoms with E-state index in [0.29, 0.717) is 0 Å². The van der Waals surface area contributed by atoms with E-state index in [9.17, 15) is 10.1 Å². The standard InChI is InChI=1S/C10H11N7O2/c1-7-8(17(18)19)9(15-10(13-2)14-7)16(5-3-11)6-4-12/h5-6H2,1-2H3,(H,13,14,15). The Morgan fingerprint density at radius 2 is 1.95 bits per heavy atom. The molecule has 0 aliphatic rings. The topological polar surface area (TPSA) is 132 Å². The number of anilines is 2. The van der Waals surface area contributed by atoms with Crippen LogP contribution in [0.3, 0.4) is 0 Å². The summed E-state index contributed by atoms with van der Waals surface area (Å²) in [5.41, 5.74) is -0.135. The van der Waals surface area contributed by atoms with Gasteiger partial charge < -0.3 is 10.2 Å². The van der Waals surface area contributed by atoms with E-state index in [1.807, 2.05) is 12.1 Å². The summed E-state index contributed by atoms with van der Waals surface area (Å²) in [6.07, 6.45) is 0. The second-order valence-corrected chi connectivity index (χ2v) is 3.48. The van der Waals surface area contributed by atoms with Crippen LogP contribution in [0.2, 0.25) is 0 Å². The molecule has 0 fully saturated rings. The number of aryl methyl sites for hydroxylation is 1. The molecule has 0 spiro atoms. The number of hydrogen-bond acceptors (Lipinski definition) is 8. The summed E-state index contributed by atoms with van der Waals surface area (Å²) in [5, 5.41) is 31.2. The zero-order valence-corrected chi connectivity index (χ0v) is 10.4. The quantitative estimate of drug-likeness (QED) is 0.462. The lowest BCUT2D eigenvalue weighted by Gasteiger charge is -2.17. The summed E-state index contributed by atoms with van der Waals surface area (Å²) in [6, 6.07) is 3.69. The predicted molar refractivity (Wildman–Crippen MR) is 66.4 cm³/mol. The van der Waals surface area contributed by atoms with E-state index in [1.54, 1.807) is 7.05 Å². The third-order valence-corrected chi connectivity index (χ3v) is 2.27. The molecule has 0 aliphatic carbocycles. The Kier molecular flexibility index (Phi) is 4.55. The molecule has 0 atom stereocenters. The summed E-state index contributed by atoms with van der Waals surface area (Å²) in [6.45, 7) is 1.13. The van der Waals surface area contributed by atoms with Crippen LogP contribution in [0.1, 0.15) is 5.69 Å². The van der Waals surface area contributed by atoms with Crippen LogP contribution in [0.4, 0.5) is 17.5 Å². The van der Waals surface area contributed by atoms with E-state index in [4.69, 9.17) is 10.5 Å². The lowest BCUT2D eigenvalue weighted by Crippen LogP contribution is -2.26. The van der Waals surface area contributed by atoms with Crippen molar-refractivity contribution in [2.45, 2.75) is 6.92 Å². The molecule has 0 aromatic carbocycles. The van der Waals surface area contributed by atoms with Crippen LogP contribution in [-0.4, -0.2) is 35.0 Å². The van der Waals surface area contributed by atoms with Gasteiger partial charge in [0, 0.05) is 7.05 Å². The number of nitrogens with zero attached hydrogens (tertiary/aromatic N) is 6. The number of rotatable bonds is 5. The van der Waals surface area contributed by atoms with Crippen LogP contribution < -0.4 is 10.2 Å².